The lowest BCUT2D eigenvalue weighted by Crippen LogP contribution is -2.30. The fraction of sp³-hybridized carbons (Fsp3) is 0.167. The highest BCUT2D eigenvalue weighted by atomic mass is 79.9. The number of hydrogen-bond acceptors (Lipinski definition) is 4. The number of nitrogens with one attached hydrogen (secondary N) is 1. The molecule has 118 valence electrons. The number of aromatic nitrogens is 1. The predicted octanol–water partition coefficient (Wildman–Crippen LogP) is 1.91. The van der Waals surface area contributed by atoms with Gasteiger partial charge in [-0.25, -0.2) is 13.1 Å². The van der Waals surface area contributed by atoms with Crippen LogP contribution in [-0.2, 0) is 21.9 Å². The SMILES string of the molecule is Cn1ccsc1=NC(=O)CNS(=O)(=O)c1ccc(Br)cc1Cl. The van der Waals surface area contributed by atoms with Crippen molar-refractivity contribution < 1.29 is 13.2 Å². The molecule has 2 rings (SSSR count). The van der Waals surface area contributed by atoms with Gasteiger partial charge < -0.3 is 4.57 Å². The maximum Gasteiger partial charge on any atom is 0.263 e. The van der Waals surface area contributed by atoms with Gasteiger partial charge in [-0.3, -0.25) is 4.79 Å². The van der Waals surface area contributed by atoms with E-state index in [1.807, 2.05) is 0 Å². The first-order valence-electron chi connectivity index (χ1n) is 5.92. The minimum atomic E-state index is -3.88. The number of carbonyl (C=O) groups excluding carboxylic acids is 1. The van der Waals surface area contributed by atoms with Crippen molar-refractivity contribution in [3.05, 3.63) is 44.1 Å². The maximum atomic E-state index is 12.1. The Hall–Kier alpha value is -1.000. The molecule has 0 saturated carbocycles. The minimum Gasteiger partial charge on any atom is -0.327 e. The van der Waals surface area contributed by atoms with Crippen molar-refractivity contribution in [1.29, 1.82) is 0 Å². The maximum absolute atomic E-state index is 12.1. The molecule has 1 aromatic carbocycles. The van der Waals surface area contributed by atoms with E-state index in [0.29, 0.717) is 9.27 Å². The molecule has 0 fully saturated rings. The summed E-state index contributed by atoms with van der Waals surface area (Å²) in [7, 11) is -2.13. The molecule has 0 aliphatic heterocycles. The molecule has 0 aliphatic rings. The summed E-state index contributed by atoms with van der Waals surface area (Å²) in [6, 6.07) is 4.38. The summed E-state index contributed by atoms with van der Waals surface area (Å²) in [6.07, 6.45) is 1.75. The lowest BCUT2D eigenvalue weighted by molar-refractivity contribution is -0.117. The van der Waals surface area contributed by atoms with Crippen molar-refractivity contribution in [2.75, 3.05) is 6.54 Å². The van der Waals surface area contributed by atoms with Gasteiger partial charge in [0, 0.05) is 23.1 Å². The minimum absolute atomic E-state index is 0.0657. The van der Waals surface area contributed by atoms with E-state index >= 15 is 0 Å². The Bertz CT molecular complexity index is 874. The number of halogens is 2. The van der Waals surface area contributed by atoms with Crippen molar-refractivity contribution in [2.45, 2.75) is 4.90 Å². The van der Waals surface area contributed by atoms with Gasteiger partial charge in [-0.1, -0.05) is 27.5 Å². The fourth-order valence-electron chi connectivity index (χ4n) is 1.51. The molecule has 0 unspecified atom stereocenters. The van der Waals surface area contributed by atoms with Gasteiger partial charge in [0.25, 0.3) is 5.91 Å². The zero-order valence-corrected chi connectivity index (χ0v) is 15.3. The van der Waals surface area contributed by atoms with Gasteiger partial charge in [0.05, 0.1) is 11.6 Å². The fourth-order valence-corrected chi connectivity index (χ4v) is 4.27. The zero-order chi connectivity index (χ0) is 16.3. The molecular weight excluding hydrogens is 414 g/mol. The predicted molar refractivity (Wildman–Crippen MR) is 88.2 cm³/mol. The van der Waals surface area contributed by atoms with Crippen molar-refractivity contribution in [1.82, 2.24) is 9.29 Å². The molecule has 0 atom stereocenters. The van der Waals surface area contributed by atoms with Gasteiger partial charge in [0.1, 0.15) is 4.90 Å². The molecular formula is C12H11BrClN3O3S2. The van der Waals surface area contributed by atoms with Crippen molar-refractivity contribution >= 4 is 54.8 Å². The van der Waals surface area contributed by atoms with Gasteiger partial charge in [-0.15, -0.1) is 11.3 Å². The van der Waals surface area contributed by atoms with E-state index in [4.69, 9.17) is 11.6 Å². The molecule has 0 bridgehead atoms. The van der Waals surface area contributed by atoms with Crippen molar-refractivity contribution in [2.24, 2.45) is 12.0 Å². The van der Waals surface area contributed by atoms with Crippen LogP contribution in [0.4, 0.5) is 0 Å². The van der Waals surface area contributed by atoms with E-state index in [2.05, 4.69) is 25.6 Å². The first kappa shape index (κ1) is 17.4. The summed E-state index contributed by atoms with van der Waals surface area (Å²) in [5.74, 6) is -0.588. The van der Waals surface area contributed by atoms with Crippen LogP contribution in [0.3, 0.4) is 0 Å². The highest BCUT2D eigenvalue weighted by Gasteiger charge is 2.18. The van der Waals surface area contributed by atoms with Crippen molar-refractivity contribution in [3.8, 4) is 0 Å². The highest BCUT2D eigenvalue weighted by Crippen LogP contribution is 2.24. The number of hydrogen-bond donors (Lipinski definition) is 1. The Labute approximate surface area is 144 Å². The number of carbonyl (C=O) groups is 1. The molecule has 0 spiro atoms. The number of rotatable bonds is 4. The lowest BCUT2D eigenvalue weighted by atomic mass is 10.4. The molecule has 0 saturated heterocycles. The smallest absolute Gasteiger partial charge is 0.263 e. The van der Waals surface area contributed by atoms with Gasteiger partial charge in [0.15, 0.2) is 4.80 Å². The Morgan fingerprint density at radius 1 is 1.50 bits per heavy atom. The van der Waals surface area contributed by atoms with E-state index in [1.54, 1.807) is 29.3 Å². The van der Waals surface area contributed by atoms with Crippen LogP contribution in [0.1, 0.15) is 0 Å². The second kappa shape index (κ2) is 7.05. The van der Waals surface area contributed by atoms with E-state index in [9.17, 15) is 13.2 Å². The topological polar surface area (TPSA) is 80.5 Å². The van der Waals surface area contributed by atoms with Crippen LogP contribution in [0.25, 0.3) is 0 Å². The van der Waals surface area contributed by atoms with Crippen LogP contribution < -0.4 is 9.52 Å². The summed E-state index contributed by atoms with van der Waals surface area (Å²) in [5, 5.41) is 1.84. The standard InChI is InChI=1S/C12H11BrClN3O3S2/c1-17-4-5-21-12(17)16-11(18)7-15-22(19,20)10-3-2-8(13)6-9(10)14/h2-6,15H,7H2,1H3. The molecule has 1 amide bonds. The van der Waals surface area contributed by atoms with Crippen LogP contribution >= 0.6 is 38.9 Å². The molecule has 0 radical (unpaired) electrons. The molecule has 10 heteroatoms. The average molecular weight is 425 g/mol. The molecule has 6 nitrogen and oxygen atoms in total. The molecule has 1 N–H and O–H groups in total. The monoisotopic (exact) mass is 423 g/mol. The normalized spacial score (nSPS) is 12.6. The molecule has 1 aromatic heterocycles. The van der Waals surface area contributed by atoms with E-state index in [-0.39, 0.29) is 9.92 Å². The summed E-state index contributed by atoms with van der Waals surface area (Å²) in [6.45, 7) is -0.438. The Balaban J connectivity index is 2.13. The van der Waals surface area contributed by atoms with Gasteiger partial charge in [-0.05, 0) is 18.2 Å². The van der Waals surface area contributed by atoms with Gasteiger partial charge >= 0.3 is 0 Å². The van der Waals surface area contributed by atoms with Crippen LogP contribution in [0.2, 0.25) is 5.02 Å². The molecule has 1 heterocycles. The number of thiazole rings is 1. The third kappa shape index (κ3) is 4.26. The molecule has 22 heavy (non-hydrogen) atoms. The Kier molecular flexibility index (Phi) is 5.56. The van der Waals surface area contributed by atoms with Crippen LogP contribution in [0.5, 0.6) is 0 Å². The van der Waals surface area contributed by atoms with Gasteiger partial charge in [-0.2, -0.15) is 4.99 Å². The summed E-state index contributed by atoms with van der Waals surface area (Å²) < 4.78 is 28.8. The lowest BCUT2D eigenvalue weighted by Gasteiger charge is -2.07. The quantitative estimate of drug-likeness (QED) is 0.814. The second-order valence-electron chi connectivity index (χ2n) is 4.20. The average Bonchev–Trinajstić information content (AvgIpc) is 2.82. The van der Waals surface area contributed by atoms with Gasteiger partial charge in [0.2, 0.25) is 10.0 Å². The number of amides is 1. The van der Waals surface area contributed by atoms with E-state index in [0.717, 1.165) is 0 Å². The number of nitrogens with zero attached hydrogens (tertiary/aromatic N) is 2. The van der Waals surface area contributed by atoms with Crippen LogP contribution in [-0.4, -0.2) is 25.4 Å². The third-order valence-corrected chi connectivity index (χ3v) is 5.80. The molecule has 2 aromatic rings. The first-order chi connectivity index (χ1) is 10.3. The first-order valence-corrected chi connectivity index (χ1v) is 9.45. The largest absolute Gasteiger partial charge is 0.327 e. The second-order valence-corrected chi connectivity index (χ2v) is 8.13. The van der Waals surface area contributed by atoms with E-state index in [1.165, 1.54) is 23.5 Å². The zero-order valence-electron chi connectivity index (χ0n) is 11.3. The number of sulfonamides is 1. The number of aryl methyl sites for hydroxylation is 1. The van der Waals surface area contributed by atoms with Crippen LogP contribution in [0.15, 0.2) is 44.1 Å². The summed E-state index contributed by atoms with van der Waals surface area (Å²) >= 11 is 10.4. The number of benzene rings is 1. The summed E-state index contributed by atoms with van der Waals surface area (Å²) in [4.78, 5) is 16.0. The summed E-state index contributed by atoms with van der Waals surface area (Å²) in [5.41, 5.74) is 0. The Morgan fingerprint density at radius 3 is 2.82 bits per heavy atom. The van der Waals surface area contributed by atoms with Crippen LogP contribution in [0, 0.1) is 0 Å². The highest BCUT2D eigenvalue weighted by molar-refractivity contribution is 9.10. The van der Waals surface area contributed by atoms with Crippen molar-refractivity contribution in [3.63, 3.8) is 0 Å². The van der Waals surface area contributed by atoms with E-state index < -0.39 is 22.5 Å². The third-order valence-electron chi connectivity index (χ3n) is 2.58. The Morgan fingerprint density at radius 2 is 2.23 bits per heavy atom. The molecule has 0 aliphatic carbocycles.